The van der Waals surface area contributed by atoms with E-state index in [0.29, 0.717) is 18.2 Å². The maximum atomic E-state index is 14.1. The van der Waals surface area contributed by atoms with Gasteiger partial charge < -0.3 is 18.8 Å². The van der Waals surface area contributed by atoms with Gasteiger partial charge in [0.25, 0.3) is 0 Å². The molecule has 0 aliphatic heterocycles. The number of benzene rings is 2. The van der Waals surface area contributed by atoms with Crippen molar-refractivity contribution >= 4 is 18.4 Å². The third-order valence-electron chi connectivity index (χ3n) is 4.93. The fourth-order valence-corrected chi connectivity index (χ4v) is 3.40. The van der Waals surface area contributed by atoms with Crippen LogP contribution < -0.4 is 9.47 Å². The smallest absolute Gasteiger partial charge is 0.417 e. The highest BCUT2D eigenvalue weighted by molar-refractivity contribution is 5.85. The van der Waals surface area contributed by atoms with Gasteiger partial charge in [-0.3, -0.25) is 0 Å². The fraction of sp³-hybridized carbons (Fsp3) is 0.348. The van der Waals surface area contributed by atoms with Crippen LogP contribution in [-0.2, 0) is 28.4 Å². The monoisotopic (exact) mass is 553 g/mol. The van der Waals surface area contributed by atoms with E-state index in [9.17, 15) is 31.1 Å². The first kappa shape index (κ1) is 29.7. The number of hydrogen-bond donors (Lipinski definition) is 0. The first-order chi connectivity index (χ1) is 16.7. The predicted molar refractivity (Wildman–Crippen MR) is 121 cm³/mol. The van der Waals surface area contributed by atoms with Gasteiger partial charge in [-0.05, 0) is 39.0 Å². The molecule has 0 spiro atoms. The maximum Gasteiger partial charge on any atom is 0.417 e. The lowest BCUT2D eigenvalue weighted by Gasteiger charge is -2.26. The van der Waals surface area contributed by atoms with Crippen molar-refractivity contribution in [3.8, 4) is 22.9 Å². The Morgan fingerprint density at radius 1 is 1.03 bits per heavy atom. The van der Waals surface area contributed by atoms with Crippen LogP contribution in [0.3, 0.4) is 0 Å². The van der Waals surface area contributed by atoms with Gasteiger partial charge in [-0.15, -0.1) is 22.6 Å². The molecule has 0 fully saturated rings. The third-order valence-corrected chi connectivity index (χ3v) is 4.93. The molecule has 3 rings (SSSR count). The van der Waals surface area contributed by atoms with Crippen LogP contribution in [0.2, 0.25) is 0 Å². The number of alkyl halides is 3. The summed E-state index contributed by atoms with van der Waals surface area (Å²) in [5, 5.41) is 7.70. The third kappa shape index (κ3) is 6.64. The highest BCUT2D eigenvalue weighted by Gasteiger charge is 2.37. The molecule has 7 nitrogen and oxygen atoms in total. The quantitative estimate of drug-likeness (QED) is 0.267. The van der Waals surface area contributed by atoms with Crippen LogP contribution in [0, 0.1) is 17.5 Å². The molecule has 202 valence electrons. The molecule has 0 aliphatic carbocycles. The normalized spacial score (nSPS) is 11.6. The number of carbonyl (C=O) groups is 1. The van der Waals surface area contributed by atoms with E-state index in [1.165, 1.54) is 31.5 Å². The van der Waals surface area contributed by atoms with Crippen LogP contribution in [0.15, 0.2) is 30.3 Å². The van der Waals surface area contributed by atoms with Gasteiger partial charge in [0.15, 0.2) is 41.2 Å². The molecule has 2 aromatic carbocycles. The molecular weight excluding hydrogens is 532 g/mol. The molecule has 0 saturated heterocycles. The largest absolute Gasteiger partial charge is 0.482 e. The van der Waals surface area contributed by atoms with Crippen LogP contribution in [0.4, 0.5) is 26.3 Å². The lowest BCUT2D eigenvalue weighted by Crippen LogP contribution is -2.30. The van der Waals surface area contributed by atoms with Crippen molar-refractivity contribution in [2.75, 3.05) is 13.2 Å². The van der Waals surface area contributed by atoms with Crippen molar-refractivity contribution in [1.82, 2.24) is 14.8 Å². The average molecular weight is 554 g/mol. The molecule has 14 heteroatoms. The Kier molecular flexibility index (Phi) is 9.07. The van der Waals surface area contributed by atoms with Crippen molar-refractivity contribution in [2.24, 2.45) is 7.05 Å². The van der Waals surface area contributed by atoms with Crippen LogP contribution in [0.1, 0.15) is 32.2 Å². The number of halogens is 7. The van der Waals surface area contributed by atoms with Gasteiger partial charge >= 0.3 is 12.1 Å². The minimum absolute atomic E-state index is 0. The Labute approximate surface area is 213 Å². The van der Waals surface area contributed by atoms with Crippen molar-refractivity contribution in [1.29, 1.82) is 0 Å². The minimum Gasteiger partial charge on any atom is -0.482 e. The molecule has 0 radical (unpaired) electrons. The number of nitrogens with zero attached hydrogens (tertiary/aromatic N) is 3. The molecule has 0 atom stereocenters. The first-order valence-electron chi connectivity index (χ1n) is 10.5. The Bertz CT molecular complexity index is 1260. The molecule has 1 aromatic heterocycles. The molecule has 0 bridgehead atoms. The fourth-order valence-electron chi connectivity index (χ4n) is 3.40. The second kappa shape index (κ2) is 11.3. The first-order valence-corrected chi connectivity index (χ1v) is 10.5. The van der Waals surface area contributed by atoms with Gasteiger partial charge in [0.2, 0.25) is 0 Å². The summed E-state index contributed by atoms with van der Waals surface area (Å²) in [5.41, 5.74) is -3.09. The van der Waals surface area contributed by atoms with E-state index in [0.717, 1.165) is 6.07 Å². The molecular formula is C23H22ClF6N3O4. The van der Waals surface area contributed by atoms with E-state index in [1.54, 1.807) is 6.92 Å². The zero-order valence-electron chi connectivity index (χ0n) is 20.0. The van der Waals surface area contributed by atoms with Gasteiger partial charge in [-0.2, -0.15) is 13.2 Å². The van der Waals surface area contributed by atoms with E-state index in [4.69, 9.17) is 9.47 Å². The minimum atomic E-state index is -4.84. The Hall–Kier alpha value is -3.48. The number of aromatic nitrogens is 3. The molecule has 3 aromatic rings. The van der Waals surface area contributed by atoms with Crippen molar-refractivity contribution in [3.05, 3.63) is 59.2 Å². The molecule has 0 aliphatic rings. The summed E-state index contributed by atoms with van der Waals surface area (Å²) < 4.78 is 99.4. The predicted octanol–water partition coefficient (Wildman–Crippen LogP) is 5.60. The zero-order chi connectivity index (χ0) is 26.8. The van der Waals surface area contributed by atoms with Crippen molar-refractivity contribution in [2.45, 2.75) is 32.5 Å². The van der Waals surface area contributed by atoms with Crippen molar-refractivity contribution < 1.29 is 45.3 Å². The SMILES string of the molecule is CCOC(=O)COc1ccc(-c2nnc(C(C)(C)Oc3c(F)cc(F)cc3F)n2C)c(C(F)(F)F)c1.Cl. The van der Waals surface area contributed by atoms with Gasteiger partial charge in [0.05, 0.1) is 12.2 Å². The number of carbonyl (C=O) groups excluding carboxylic acids is 1. The van der Waals surface area contributed by atoms with Gasteiger partial charge in [-0.25, -0.2) is 18.0 Å². The Morgan fingerprint density at radius 3 is 2.22 bits per heavy atom. The summed E-state index contributed by atoms with van der Waals surface area (Å²) in [7, 11) is 1.35. The van der Waals surface area contributed by atoms with Crippen LogP contribution in [0.5, 0.6) is 11.5 Å². The summed E-state index contributed by atoms with van der Waals surface area (Å²) in [5.74, 6) is -5.92. The van der Waals surface area contributed by atoms with E-state index in [2.05, 4.69) is 14.9 Å². The van der Waals surface area contributed by atoms with Gasteiger partial charge in [-0.1, -0.05) is 0 Å². The molecule has 1 heterocycles. The molecule has 0 amide bonds. The summed E-state index contributed by atoms with van der Waals surface area (Å²) in [4.78, 5) is 11.4. The molecule has 37 heavy (non-hydrogen) atoms. The second-order valence-corrected chi connectivity index (χ2v) is 8.02. The maximum absolute atomic E-state index is 14.1. The highest BCUT2D eigenvalue weighted by atomic mass is 35.5. The molecule has 0 N–H and O–H groups in total. The van der Waals surface area contributed by atoms with E-state index in [-0.39, 0.29) is 42.0 Å². The lowest BCUT2D eigenvalue weighted by atomic mass is 10.0. The summed E-state index contributed by atoms with van der Waals surface area (Å²) in [6, 6.07) is 3.86. The summed E-state index contributed by atoms with van der Waals surface area (Å²) in [6.45, 7) is 3.80. The number of ether oxygens (including phenoxy) is 3. The molecule has 0 saturated carbocycles. The number of hydrogen-bond acceptors (Lipinski definition) is 6. The number of esters is 1. The van der Waals surface area contributed by atoms with Crippen LogP contribution in [0.25, 0.3) is 11.4 Å². The Morgan fingerprint density at radius 2 is 1.65 bits per heavy atom. The van der Waals surface area contributed by atoms with E-state index < -0.39 is 53.1 Å². The second-order valence-electron chi connectivity index (χ2n) is 8.02. The van der Waals surface area contributed by atoms with Crippen LogP contribution >= 0.6 is 12.4 Å². The lowest BCUT2D eigenvalue weighted by molar-refractivity contribution is -0.145. The Balaban J connectivity index is 0.00000481. The van der Waals surface area contributed by atoms with E-state index >= 15 is 0 Å². The summed E-state index contributed by atoms with van der Waals surface area (Å²) in [6.07, 6.45) is -4.84. The van der Waals surface area contributed by atoms with Gasteiger partial charge in [0.1, 0.15) is 11.6 Å². The topological polar surface area (TPSA) is 75.5 Å². The van der Waals surface area contributed by atoms with Crippen molar-refractivity contribution in [3.63, 3.8) is 0 Å². The standard InChI is InChI=1S/C23H21F6N3O4.ClH/c1-5-34-18(33)11-35-13-6-7-14(15(10-13)23(27,28)29)20-30-31-21(32(20)4)22(2,3)36-19-16(25)8-12(24)9-17(19)26;/h6-10H,5,11H2,1-4H3;1H. The summed E-state index contributed by atoms with van der Waals surface area (Å²) >= 11 is 0. The van der Waals surface area contributed by atoms with Gasteiger partial charge in [0, 0.05) is 24.7 Å². The van der Waals surface area contributed by atoms with E-state index in [1.807, 2.05) is 0 Å². The number of rotatable bonds is 8. The van der Waals surface area contributed by atoms with Crippen LogP contribution in [-0.4, -0.2) is 33.9 Å². The highest BCUT2D eigenvalue weighted by Crippen LogP contribution is 2.40. The average Bonchev–Trinajstić information content (AvgIpc) is 3.16. The zero-order valence-corrected chi connectivity index (χ0v) is 20.8. The molecule has 0 unspecified atom stereocenters.